The number of nitro benzene ring substituents is 2. The Morgan fingerprint density at radius 1 is 1.16 bits per heavy atom. The molecule has 2 aromatic rings. The van der Waals surface area contributed by atoms with Gasteiger partial charge in [-0.2, -0.15) is 5.10 Å². The second-order valence-electron chi connectivity index (χ2n) is 4.54. The molecule has 2 amide bonds. The zero-order chi connectivity index (χ0) is 18.4. The number of hydrogen-bond acceptors (Lipinski definition) is 7. The van der Waals surface area contributed by atoms with E-state index in [0.29, 0.717) is 0 Å². The van der Waals surface area contributed by atoms with Gasteiger partial charge in [-0.3, -0.25) is 20.2 Å². The summed E-state index contributed by atoms with van der Waals surface area (Å²) in [6.45, 7) is 0. The van der Waals surface area contributed by atoms with Crippen molar-refractivity contribution in [3.05, 3.63) is 68.3 Å². The number of rotatable bonds is 6. The molecular formula is C14H11N5O5S. The van der Waals surface area contributed by atoms with Crippen LogP contribution in [-0.2, 0) is 0 Å². The molecule has 0 aliphatic rings. The van der Waals surface area contributed by atoms with Crippen molar-refractivity contribution in [3.63, 3.8) is 0 Å². The van der Waals surface area contributed by atoms with E-state index < -0.39 is 27.3 Å². The van der Waals surface area contributed by atoms with Crippen molar-refractivity contribution < 1.29 is 14.6 Å². The molecule has 0 atom stereocenters. The van der Waals surface area contributed by atoms with Gasteiger partial charge in [-0.05, 0) is 12.1 Å². The Balaban J connectivity index is 2.58. The summed E-state index contributed by atoms with van der Waals surface area (Å²) in [6, 6.07) is 9.90. The molecule has 0 fully saturated rings. The second-order valence-corrected chi connectivity index (χ2v) is 5.66. The van der Waals surface area contributed by atoms with E-state index in [1.165, 1.54) is 6.07 Å². The Bertz CT molecular complexity index is 856. The van der Waals surface area contributed by atoms with E-state index in [0.717, 1.165) is 28.9 Å². The number of nitro groups is 2. The van der Waals surface area contributed by atoms with Gasteiger partial charge in [0.15, 0.2) is 0 Å². The average Bonchev–Trinajstić information content (AvgIpc) is 2.56. The van der Waals surface area contributed by atoms with E-state index in [1.807, 2.05) is 5.43 Å². The first-order chi connectivity index (χ1) is 11.9. The van der Waals surface area contributed by atoms with Crippen LogP contribution in [0.1, 0.15) is 5.56 Å². The van der Waals surface area contributed by atoms with Gasteiger partial charge in [-0.15, -0.1) is 0 Å². The summed E-state index contributed by atoms with van der Waals surface area (Å²) in [5, 5.41) is 25.9. The number of hydrogen-bond donors (Lipinski definition) is 2. The molecule has 0 saturated heterocycles. The number of primary amides is 1. The van der Waals surface area contributed by atoms with Crippen LogP contribution in [-0.4, -0.2) is 22.1 Å². The predicted molar refractivity (Wildman–Crippen MR) is 90.6 cm³/mol. The molecule has 0 spiro atoms. The van der Waals surface area contributed by atoms with E-state index in [4.69, 9.17) is 5.73 Å². The lowest BCUT2D eigenvalue weighted by molar-refractivity contribution is -0.394. The Morgan fingerprint density at radius 2 is 1.84 bits per heavy atom. The number of nitrogens with two attached hydrogens (primary N) is 1. The van der Waals surface area contributed by atoms with E-state index in [9.17, 15) is 25.0 Å². The number of nitrogens with one attached hydrogen (secondary N) is 1. The van der Waals surface area contributed by atoms with Crippen LogP contribution >= 0.6 is 11.8 Å². The Hall–Kier alpha value is -3.47. The third-order valence-corrected chi connectivity index (χ3v) is 3.92. The number of hydrazone groups is 1. The number of non-ortho nitro benzene ring substituents is 1. The Labute approximate surface area is 145 Å². The molecule has 25 heavy (non-hydrogen) atoms. The van der Waals surface area contributed by atoms with Crippen LogP contribution in [0.2, 0.25) is 0 Å². The van der Waals surface area contributed by atoms with Gasteiger partial charge in [-0.25, -0.2) is 10.2 Å². The van der Waals surface area contributed by atoms with Crippen molar-refractivity contribution in [2.45, 2.75) is 9.79 Å². The van der Waals surface area contributed by atoms with E-state index >= 15 is 0 Å². The summed E-state index contributed by atoms with van der Waals surface area (Å²) >= 11 is 1.09. The van der Waals surface area contributed by atoms with Gasteiger partial charge >= 0.3 is 6.03 Å². The van der Waals surface area contributed by atoms with Gasteiger partial charge in [0.25, 0.3) is 11.4 Å². The quantitative estimate of drug-likeness (QED) is 0.458. The van der Waals surface area contributed by atoms with Crippen LogP contribution in [0.4, 0.5) is 16.2 Å². The lowest BCUT2D eigenvalue weighted by atomic mass is 10.1. The SMILES string of the molecule is NC(=O)N/N=C/c1c(Sc2ccccc2)cc([N+](=O)[O-])cc1[N+](=O)[O-]. The number of amides is 2. The molecule has 11 heteroatoms. The maximum Gasteiger partial charge on any atom is 0.332 e. The van der Waals surface area contributed by atoms with Gasteiger partial charge in [0.05, 0.1) is 27.7 Å². The average molecular weight is 361 g/mol. The summed E-state index contributed by atoms with van der Waals surface area (Å²) in [5.41, 5.74) is 5.89. The molecule has 2 aromatic carbocycles. The third kappa shape index (κ3) is 4.75. The fraction of sp³-hybridized carbons (Fsp3) is 0. The normalized spacial score (nSPS) is 10.6. The van der Waals surface area contributed by atoms with Crippen molar-refractivity contribution in [2.75, 3.05) is 0 Å². The number of urea groups is 1. The minimum atomic E-state index is -0.946. The van der Waals surface area contributed by atoms with Crippen molar-refractivity contribution in [3.8, 4) is 0 Å². The number of carbonyl (C=O) groups excluding carboxylic acids is 1. The largest absolute Gasteiger partial charge is 0.350 e. The molecule has 0 bridgehead atoms. The first-order valence-corrected chi connectivity index (χ1v) is 7.48. The second kappa shape index (κ2) is 7.88. The van der Waals surface area contributed by atoms with Crippen LogP contribution in [0.15, 0.2) is 57.4 Å². The molecule has 10 nitrogen and oxygen atoms in total. The van der Waals surface area contributed by atoms with Gasteiger partial charge in [0, 0.05) is 15.9 Å². The van der Waals surface area contributed by atoms with Crippen molar-refractivity contribution in [2.24, 2.45) is 10.8 Å². The highest BCUT2D eigenvalue weighted by Crippen LogP contribution is 2.37. The lowest BCUT2D eigenvalue weighted by Crippen LogP contribution is -2.24. The minimum absolute atomic E-state index is 0.0122. The van der Waals surface area contributed by atoms with Gasteiger partial charge in [-0.1, -0.05) is 30.0 Å². The van der Waals surface area contributed by atoms with Crippen LogP contribution < -0.4 is 11.2 Å². The van der Waals surface area contributed by atoms with E-state index in [1.54, 1.807) is 30.3 Å². The van der Waals surface area contributed by atoms with E-state index in [2.05, 4.69) is 5.10 Å². The van der Waals surface area contributed by atoms with Crippen molar-refractivity contribution in [1.82, 2.24) is 5.43 Å². The highest BCUT2D eigenvalue weighted by Gasteiger charge is 2.23. The molecule has 0 saturated carbocycles. The summed E-state index contributed by atoms with van der Waals surface area (Å²) in [6.07, 6.45) is 1.03. The van der Waals surface area contributed by atoms with Gasteiger partial charge in [0.2, 0.25) is 0 Å². The summed E-state index contributed by atoms with van der Waals surface area (Å²) < 4.78 is 0. The van der Waals surface area contributed by atoms with E-state index in [-0.39, 0.29) is 10.5 Å². The van der Waals surface area contributed by atoms with Crippen LogP contribution in [0.3, 0.4) is 0 Å². The highest BCUT2D eigenvalue weighted by molar-refractivity contribution is 7.99. The first kappa shape index (κ1) is 17.9. The van der Waals surface area contributed by atoms with Crippen molar-refractivity contribution >= 4 is 35.4 Å². The monoisotopic (exact) mass is 361 g/mol. The molecule has 0 heterocycles. The summed E-state index contributed by atoms with van der Waals surface area (Å²) in [5.74, 6) is 0. The molecule has 0 aliphatic carbocycles. The molecule has 0 aliphatic heterocycles. The molecule has 0 unspecified atom stereocenters. The number of nitrogens with zero attached hydrogens (tertiary/aromatic N) is 3. The van der Waals surface area contributed by atoms with Crippen LogP contribution in [0, 0.1) is 20.2 Å². The minimum Gasteiger partial charge on any atom is -0.350 e. The molecule has 0 radical (unpaired) electrons. The molecule has 128 valence electrons. The maximum absolute atomic E-state index is 11.3. The number of carbonyl (C=O) groups is 1. The zero-order valence-corrected chi connectivity index (χ0v) is 13.3. The smallest absolute Gasteiger partial charge is 0.332 e. The molecular weight excluding hydrogens is 350 g/mol. The highest BCUT2D eigenvalue weighted by atomic mass is 32.2. The van der Waals surface area contributed by atoms with Gasteiger partial charge < -0.3 is 5.73 Å². The van der Waals surface area contributed by atoms with Gasteiger partial charge in [0.1, 0.15) is 0 Å². The molecule has 2 rings (SSSR count). The molecule has 0 aromatic heterocycles. The third-order valence-electron chi connectivity index (χ3n) is 2.85. The summed E-state index contributed by atoms with van der Waals surface area (Å²) in [4.78, 5) is 32.5. The summed E-state index contributed by atoms with van der Waals surface area (Å²) in [7, 11) is 0. The molecule has 3 N–H and O–H groups in total. The van der Waals surface area contributed by atoms with Crippen LogP contribution in [0.25, 0.3) is 0 Å². The maximum atomic E-state index is 11.3. The lowest BCUT2D eigenvalue weighted by Gasteiger charge is -2.07. The van der Waals surface area contributed by atoms with Crippen molar-refractivity contribution in [1.29, 1.82) is 0 Å². The Morgan fingerprint density at radius 3 is 2.40 bits per heavy atom. The fourth-order valence-electron chi connectivity index (χ4n) is 1.84. The predicted octanol–water partition coefficient (Wildman–Crippen LogP) is 2.66. The number of benzene rings is 2. The fourth-order valence-corrected chi connectivity index (χ4v) is 2.84. The topological polar surface area (TPSA) is 154 Å². The van der Waals surface area contributed by atoms with Crippen LogP contribution in [0.5, 0.6) is 0 Å². The first-order valence-electron chi connectivity index (χ1n) is 6.66. The standard InChI is InChI=1S/C14H11N5O5S/c15-14(20)17-16-8-11-12(19(23)24)6-9(18(21)22)7-13(11)25-10-4-2-1-3-5-10/h1-8H,(H3,15,17,20)/b16-8+. The Kier molecular flexibility index (Phi) is 5.63. The zero-order valence-electron chi connectivity index (χ0n) is 12.5.